The third-order valence-corrected chi connectivity index (χ3v) is 4.80. The van der Waals surface area contributed by atoms with Gasteiger partial charge in [-0.1, -0.05) is 41.4 Å². The van der Waals surface area contributed by atoms with Crippen LogP contribution in [0.1, 0.15) is 5.69 Å². The van der Waals surface area contributed by atoms with E-state index in [4.69, 9.17) is 33.7 Å². The molecule has 0 saturated heterocycles. The molecule has 0 saturated carbocycles. The number of anilines is 3. The van der Waals surface area contributed by atoms with E-state index in [1.807, 2.05) is 37.3 Å². The van der Waals surface area contributed by atoms with Crippen molar-refractivity contribution in [1.29, 1.82) is 0 Å². The Hall–Kier alpha value is -3.09. The van der Waals surface area contributed by atoms with Crippen molar-refractivity contribution in [3.05, 3.63) is 70.6 Å². The average molecular weight is 412 g/mol. The summed E-state index contributed by atoms with van der Waals surface area (Å²) >= 11 is 12.0. The van der Waals surface area contributed by atoms with E-state index < -0.39 is 0 Å². The lowest BCUT2D eigenvalue weighted by molar-refractivity contribution is 0.469. The van der Waals surface area contributed by atoms with E-state index in [0.29, 0.717) is 27.3 Å². The van der Waals surface area contributed by atoms with E-state index >= 15 is 0 Å². The molecule has 4 rings (SSSR count). The molecule has 8 heteroatoms. The Balaban J connectivity index is 1.67. The van der Waals surface area contributed by atoms with Crippen LogP contribution in [-0.2, 0) is 0 Å². The van der Waals surface area contributed by atoms with Gasteiger partial charge in [0.05, 0.1) is 10.0 Å². The van der Waals surface area contributed by atoms with Crippen LogP contribution in [0.5, 0.6) is 11.6 Å². The highest BCUT2D eigenvalue weighted by Gasteiger charge is 2.13. The van der Waals surface area contributed by atoms with E-state index in [9.17, 15) is 0 Å². The number of nitrogen functional groups attached to an aromatic ring is 1. The number of aromatic nitrogens is 3. The number of aryl methyl sites for hydroxylation is 1. The Labute approximate surface area is 171 Å². The third kappa shape index (κ3) is 3.65. The highest BCUT2D eigenvalue weighted by Crippen LogP contribution is 2.34. The van der Waals surface area contributed by atoms with Gasteiger partial charge in [-0.15, -0.1) is 0 Å². The second-order valence-corrected chi connectivity index (χ2v) is 6.89. The molecule has 0 bridgehead atoms. The summed E-state index contributed by atoms with van der Waals surface area (Å²) < 4.78 is 5.97. The van der Waals surface area contributed by atoms with E-state index in [-0.39, 0.29) is 11.6 Å². The number of halogens is 2. The summed E-state index contributed by atoms with van der Waals surface area (Å²) in [6.07, 6.45) is 1.37. The standard InChI is InChI=1S/C20H15Cl2N5O/c1-11-5-6-12-3-2-4-16(18(12)26-11)28-20-17(23)19(24-10-25-20)27-13-7-8-14(21)15(22)9-13/h2-10H,23H2,1H3,(H,24,25,27). The van der Waals surface area contributed by atoms with Crippen LogP contribution < -0.4 is 15.8 Å². The van der Waals surface area contributed by atoms with Gasteiger partial charge in [0.15, 0.2) is 11.6 Å². The van der Waals surface area contributed by atoms with Gasteiger partial charge in [-0.2, -0.15) is 4.98 Å². The molecular weight excluding hydrogens is 397 g/mol. The number of hydrogen-bond acceptors (Lipinski definition) is 6. The molecule has 3 N–H and O–H groups in total. The van der Waals surface area contributed by atoms with Gasteiger partial charge in [0, 0.05) is 16.8 Å². The summed E-state index contributed by atoms with van der Waals surface area (Å²) in [6.45, 7) is 1.93. The molecule has 0 fully saturated rings. The number of benzene rings is 2. The highest BCUT2D eigenvalue weighted by atomic mass is 35.5. The van der Waals surface area contributed by atoms with Crippen LogP contribution in [0.3, 0.4) is 0 Å². The maximum atomic E-state index is 6.23. The zero-order valence-electron chi connectivity index (χ0n) is 14.8. The van der Waals surface area contributed by atoms with Crippen molar-refractivity contribution in [1.82, 2.24) is 15.0 Å². The van der Waals surface area contributed by atoms with Crippen LogP contribution in [0.4, 0.5) is 17.2 Å². The van der Waals surface area contributed by atoms with Crippen LogP contribution in [0, 0.1) is 6.92 Å². The Morgan fingerprint density at radius 3 is 2.68 bits per heavy atom. The van der Waals surface area contributed by atoms with Crippen molar-refractivity contribution < 1.29 is 4.74 Å². The molecule has 0 unspecified atom stereocenters. The zero-order chi connectivity index (χ0) is 19.7. The van der Waals surface area contributed by atoms with Crippen LogP contribution >= 0.6 is 23.2 Å². The first-order chi connectivity index (χ1) is 13.5. The largest absolute Gasteiger partial charge is 0.435 e. The number of hydrogen-bond donors (Lipinski definition) is 2. The van der Waals surface area contributed by atoms with Gasteiger partial charge in [0.25, 0.3) is 0 Å². The molecule has 0 amide bonds. The summed E-state index contributed by atoms with van der Waals surface area (Å²) in [6, 6.07) is 14.8. The molecule has 4 aromatic rings. The minimum absolute atomic E-state index is 0.230. The first kappa shape index (κ1) is 18.3. The number of nitrogens with two attached hydrogens (primary N) is 1. The number of nitrogens with zero attached hydrogens (tertiary/aromatic N) is 3. The Bertz CT molecular complexity index is 1180. The fraction of sp³-hybridized carbons (Fsp3) is 0.0500. The third-order valence-electron chi connectivity index (χ3n) is 4.06. The van der Waals surface area contributed by atoms with Crippen LogP contribution in [0.2, 0.25) is 10.0 Å². The van der Waals surface area contributed by atoms with Gasteiger partial charge in [-0.25, -0.2) is 9.97 Å². The lowest BCUT2D eigenvalue weighted by atomic mass is 10.2. The quantitative estimate of drug-likeness (QED) is 0.443. The molecule has 2 aromatic heterocycles. The van der Waals surface area contributed by atoms with Crippen molar-refractivity contribution >= 4 is 51.3 Å². The molecule has 0 atom stereocenters. The molecule has 140 valence electrons. The second-order valence-electron chi connectivity index (χ2n) is 6.08. The highest BCUT2D eigenvalue weighted by molar-refractivity contribution is 6.42. The summed E-state index contributed by atoms with van der Waals surface area (Å²) in [4.78, 5) is 12.9. The first-order valence-electron chi connectivity index (χ1n) is 8.38. The predicted octanol–water partition coefficient (Wildman–Crippen LogP) is 5.76. The van der Waals surface area contributed by atoms with Crippen molar-refractivity contribution in [2.75, 3.05) is 11.1 Å². The molecular formula is C20H15Cl2N5O. The molecule has 0 spiro atoms. The Kier molecular flexibility index (Phi) is 4.90. The molecule has 0 radical (unpaired) electrons. The SMILES string of the molecule is Cc1ccc2cccc(Oc3ncnc(Nc4ccc(Cl)c(Cl)c4)c3N)c2n1. The topological polar surface area (TPSA) is 86.0 Å². The number of para-hydroxylation sites is 1. The van der Waals surface area contributed by atoms with Gasteiger partial charge in [0.2, 0.25) is 5.88 Å². The van der Waals surface area contributed by atoms with E-state index in [1.54, 1.807) is 18.2 Å². The van der Waals surface area contributed by atoms with Crippen LogP contribution in [0.25, 0.3) is 10.9 Å². The normalized spacial score (nSPS) is 10.8. The van der Waals surface area contributed by atoms with E-state index in [2.05, 4.69) is 20.3 Å². The predicted molar refractivity (Wildman–Crippen MR) is 113 cm³/mol. The van der Waals surface area contributed by atoms with Gasteiger partial charge >= 0.3 is 0 Å². The molecule has 28 heavy (non-hydrogen) atoms. The van der Waals surface area contributed by atoms with Crippen molar-refractivity contribution in [3.63, 3.8) is 0 Å². The van der Waals surface area contributed by atoms with E-state index in [0.717, 1.165) is 16.6 Å². The van der Waals surface area contributed by atoms with Gasteiger partial charge in [-0.3, -0.25) is 0 Å². The molecule has 0 aliphatic carbocycles. The number of rotatable bonds is 4. The molecule has 2 aromatic carbocycles. The van der Waals surface area contributed by atoms with Crippen LogP contribution in [0.15, 0.2) is 54.9 Å². The minimum Gasteiger partial charge on any atom is -0.435 e. The molecule has 2 heterocycles. The molecule has 6 nitrogen and oxygen atoms in total. The monoisotopic (exact) mass is 411 g/mol. The molecule has 0 aliphatic heterocycles. The van der Waals surface area contributed by atoms with Crippen molar-refractivity contribution in [3.8, 4) is 11.6 Å². The minimum atomic E-state index is 0.230. The fourth-order valence-electron chi connectivity index (χ4n) is 2.67. The van der Waals surface area contributed by atoms with E-state index in [1.165, 1.54) is 6.33 Å². The maximum absolute atomic E-state index is 6.23. The lowest BCUT2D eigenvalue weighted by Crippen LogP contribution is -2.03. The lowest BCUT2D eigenvalue weighted by Gasteiger charge is -2.13. The smallest absolute Gasteiger partial charge is 0.248 e. The summed E-state index contributed by atoms with van der Waals surface area (Å²) in [5, 5.41) is 4.95. The number of fused-ring (bicyclic) bond motifs is 1. The summed E-state index contributed by atoms with van der Waals surface area (Å²) in [5.74, 6) is 1.19. The molecule has 0 aliphatic rings. The first-order valence-corrected chi connectivity index (χ1v) is 9.13. The fourth-order valence-corrected chi connectivity index (χ4v) is 2.97. The average Bonchev–Trinajstić information content (AvgIpc) is 2.68. The van der Waals surface area contributed by atoms with Crippen molar-refractivity contribution in [2.45, 2.75) is 6.92 Å². The maximum Gasteiger partial charge on any atom is 0.248 e. The second kappa shape index (κ2) is 7.50. The Morgan fingerprint density at radius 2 is 1.86 bits per heavy atom. The Morgan fingerprint density at radius 1 is 1.00 bits per heavy atom. The van der Waals surface area contributed by atoms with Crippen LogP contribution in [-0.4, -0.2) is 15.0 Å². The van der Waals surface area contributed by atoms with Gasteiger partial charge < -0.3 is 15.8 Å². The summed E-state index contributed by atoms with van der Waals surface area (Å²) in [5.41, 5.74) is 8.81. The van der Waals surface area contributed by atoms with Gasteiger partial charge in [-0.05, 0) is 37.3 Å². The number of nitrogens with one attached hydrogen (secondary N) is 1. The van der Waals surface area contributed by atoms with Crippen molar-refractivity contribution in [2.24, 2.45) is 0 Å². The van der Waals surface area contributed by atoms with Gasteiger partial charge in [0.1, 0.15) is 17.5 Å². The number of pyridine rings is 1. The summed E-state index contributed by atoms with van der Waals surface area (Å²) in [7, 11) is 0. The number of ether oxygens (including phenoxy) is 1. The zero-order valence-corrected chi connectivity index (χ0v) is 16.3.